The molecule has 0 aromatic carbocycles. The molecule has 0 saturated heterocycles. The Morgan fingerprint density at radius 2 is 2.21 bits per heavy atom. The normalized spacial score (nSPS) is 10.0. The molecule has 0 spiro atoms. The molecule has 0 N–H and O–H groups in total. The van der Waals surface area contributed by atoms with E-state index in [-0.39, 0.29) is 12.2 Å². The van der Waals surface area contributed by atoms with E-state index >= 15 is 0 Å². The lowest BCUT2D eigenvalue weighted by molar-refractivity contribution is 0.0702. The molecular weight excluding hydrogens is 182 g/mol. The molecule has 14 heavy (non-hydrogen) atoms. The van der Waals surface area contributed by atoms with Crippen LogP contribution in [0.2, 0.25) is 0 Å². The number of methoxy groups -OCH3 is 1. The zero-order valence-corrected chi connectivity index (χ0v) is 9.16. The summed E-state index contributed by atoms with van der Waals surface area (Å²) in [6.07, 6.45) is 1.24. The minimum absolute atomic E-state index is 0.0997. The Morgan fingerprint density at radius 3 is 2.64 bits per heavy atom. The van der Waals surface area contributed by atoms with Gasteiger partial charge in [0, 0.05) is 20.2 Å². The summed E-state index contributed by atoms with van der Waals surface area (Å²) >= 11 is 0. The predicted octanol–water partition coefficient (Wildman–Crippen LogP) is 1.67. The van der Waals surface area contributed by atoms with E-state index in [2.05, 4.69) is 6.58 Å². The van der Waals surface area contributed by atoms with Gasteiger partial charge in [-0.15, -0.1) is 6.58 Å². The van der Waals surface area contributed by atoms with E-state index in [1.54, 1.807) is 18.1 Å². The number of ether oxygens (including phenoxy) is 2. The fourth-order valence-corrected chi connectivity index (χ4v) is 0.891. The molecule has 0 saturated carbocycles. The van der Waals surface area contributed by atoms with Crippen molar-refractivity contribution in [2.24, 2.45) is 0 Å². The topological polar surface area (TPSA) is 38.8 Å². The monoisotopic (exact) mass is 201 g/mol. The van der Waals surface area contributed by atoms with E-state index in [1.165, 1.54) is 0 Å². The average molecular weight is 201 g/mol. The number of carbonyl (C=O) groups is 1. The Labute approximate surface area is 85.5 Å². The second kappa shape index (κ2) is 7.38. The molecule has 0 bridgehead atoms. The summed E-state index contributed by atoms with van der Waals surface area (Å²) in [5, 5.41) is 0. The largest absolute Gasteiger partial charge is 0.447 e. The minimum Gasteiger partial charge on any atom is -0.447 e. The summed E-state index contributed by atoms with van der Waals surface area (Å²) in [5.74, 6) is 0. The van der Waals surface area contributed by atoms with Crippen LogP contribution in [0.3, 0.4) is 0 Å². The van der Waals surface area contributed by atoms with Crippen molar-refractivity contribution in [3.05, 3.63) is 12.7 Å². The van der Waals surface area contributed by atoms with E-state index in [4.69, 9.17) is 9.47 Å². The maximum absolute atomic E-state index is 11.4. The predicted molar refractivity (Wildman–Crippen MR) is 55.3 cm³/mol. The Morgan fingerprint density at radius 1 is 1.57 bits per heavy atom. The van der Waals surface area contributed by atoms with E-state index < -0.39 is 0 Å². The zero-order chi connectivity index (χ0) is 11.0. The average Bonchev–Trinajstić information content (AvgIpc) is 2.10. The van der Waals surface area contributed by atoms with Crippen LogP contribution in [0.15, 0.2) is 12.7 Å². The van der Waals surface area contributed by atoms with Gasteiger partial charge in [-0.1, -0.05) is 6.08 Å². The minimum atomic E-state index is -0.322. The molecule has 0 atom stereocenters. The lowest BCUT2D eigenvalue weighted by Gasteiger charge is -2.21. The first-order valence-corrected chi connectivity index (χ1v) is 4.67. The summed E-state index contributed by atoms with van der Waals surface area (Å²) < 4.78 is 9.94. The SMILES string of the molecule is C=CCN(CCOC)C(=O)OC(C)C. The van der Waals surface area contributed by atoms with Gasteiger partial charge in [0.15, 0.2) is 0 Å². The van der Waals surface area contributed by atoms with Crippen LogP contribution in [0, 0.1) is 0 Å². The molecule has 0 unspecified atom stereocenters. The Bertz CT molecular complexity index is 180. The highest BCUT2D eigenvalue weighted by Crippen LogP contribution is 1.98. The van der Waals surface area contributed by atoms with Gasteiger partial charge in [-0.25, -0.2) is 4.79 Å². The second-order valence-corrected chi connectivity index (χ2v) is 3.16. The van der Waals surface area contributed by atoms with Gasteiger partial charge < -0.3 is 14.4 Å². The molecule has 0 aromatic heterocycles. The van der Waals surface area contributed by atoms with Gasteiger partial charge in [-0.3, -0.25) is 0 Å². The van der Waals surface area contributed by atoms with Crippen molar-refractivity contribution in [1.82, 2.24) is 4.90 Å². The third-order valence-electron chi connectivity index (χ3n) is 1.51. The van der Waals surface area contributed by atoms with Gasteiger partial charge in [-0.2, -0.15) is 0 Å². The maximum atomic E-state index is 11.4. The van der Waals surface area contributed by atoms with E-state index in [1.807, 2.05) is 13.8 Å². The zero-order valence-electron chi connectivity index (χ0n) is 9.16. The maximum Gasteiger partial charge on any atom is 0.410 e. The Kier molecular flexibility index (Phi) is 6.84. The van der Waals surface area contributed by atoms with Gasteiger partial charge in [0.05, 0.1) is 12.7 Å². The molecule has 0 heterocycles. The van der Waals surface area contributed by atoms with Crippen LogP contribution in [0.5, 0.6) is 0 Å². The molecule has 4 nitrogen and oxygen atoms in total. The fourth-order valence-electron chi connectivity index (χ4n) is 0.891. The molecule has 0 aliphatic heterocycles. The number of rotatable bonds is 6. The van der Waals surface area contributed by atoms with Crippen molar-refractivity contribution < 1.29 is 14.3 Å². The van der Waals surface area contributed by atoms with E-state index in [0.717, 1.165) is 0 Å². The van der Waals surface area contributed by atoms with Gasteiger partial charge in [-0.05, 0) is 13.8 Å². The number of amides is 1. The number of hydrogen-bond acceptors (Lipinski definition) is 3. The van der Waals surface area contributed by atoms with Crippen LogP contribution in [-0.2, 0) is 9.47 Å². The van der Waals surface area contributed by atoms with Crippen LogP contribution in [0.1, 0.15) is 13.8 Å². The number of hydrogen-bond donors (Lipinski definition) is 0. The third kappa shape index (κ3) is 5.59. The number of carbonyl (C=O) groups excluding carboxylic acids is 1. The van der Waals surface area contributed by atoms with Gasteiger partial charge in [0.1, 0.15) is 0 Å². The molecule has 82 valence electrons. The summed E-state index contributed by atoms with van der Waals surface area (Å²) in [5.41, 5.74) is 0. The molecule has 0 radical (unpaired) electrons. The molecule has 0 aliphatic rings. The first-order chi connectivity index (χ1) is 6.61. The van der Waals surface area contributed by atoms with Crippen LogP contribution in [0.25, 0.3) is 0 Å². The van der Waals surface area contributed by atoms with Crippen molar-refractivity contribution >= 4 is 6.09 Å². The highest BCUT2D eigenvalue weighted by atomic mass is 16.6. The van der Waals surface area contributed by atoms with Gasteiger partial charge in [0.25, 0.3) is 0 Å². The smallest absolute Gasteiger partial charge is 0.410 e. The van der Waals surface area contributed by atoms with Gasteiger partial charge in [0.2, 0.25) is 0 Å². The van der Waals surface area contributed by atoms with Crippen LogP contribution >= 0.6 is 0 Å². The highest BCUT2D eigenvalue weighted by Gasteiger charge is 2.13. The van der Waals surface area contributed by atoms with Crippen LogP contribution < -0.4 is 0 Å². The van der Waals surface area contributed by atoms with E-state index in [0.29, 0.717) is 19.7 Å². The quantitative estimate of drug-likeness (QED) is 0.613. The lowest BCUT2D eigenvalue weighted by atomic mass is 10.4. The first-order valence-electron chi connectivity index (χ1n) is 4.67. The van der Waals surface area contributed by atoms with Crippen molar-refractivity contribution in [1.29, 1.82) is 0 Å². The van der Waals surface area contributed by atoms with Crippen molar-refractivity contribution in [3.8, 4) is 0 Å². The summed E-state index contributed by atoms with van der Waals surface area (Å²) in [6.45, 7) is 8.72. The molecule has 0 aromatic rings. The summed E-state index contributed by atoms with van der Waals surface area (Å²) in [6, 6.07) is 0. The fraction of sp³-hybridized carbons (Fsp3) is 0.700. The molecule has 0 aliphatic carbocycles. The lowest BCUT2D eigenvalue weighted by Crippen LogP contribution is -2.35. The standard InChI is InChI=1S/C10H19NO3/c1-5-6-11(7-8-13-4)10(12)14-9(2)3/h5,9H,1,6-8H2,2-4H3. The summed E-state index contributed by atoms with van der Waals surface area (Å²) in [4.78, 5) is 13.0. The second-order valence-electron chi connectivity index (χ2n) is 3.16. The van der Waals surface area contributed by atoms with Crippen molar-refractivity contribution in [2.45, 2.75) is 20.0 Å². The Balaban J connectivity index is 4.03. The van der Waals surface area contributed by atoms with Crippen LogP contribution in [-0.4, -0.2) is 43.9 Å². The molecular formula is C10H19NO3. The van der Waals surface area contributed by atoms with Crippen molar-refractivity contribution in [3.63, 3.8) is 0 Å². The van der Waals surface area contributed by atoms with Gasteiger partial charge >= 0.3 is 6.09 Å². The molecule has 0 rings (SSSR count). The van der Waals surface area contributed by atoms with Crippen LogP contribution in [0.4, 0.5) is 4.79 Å². The Hall–Kier alpha value is -1.03. The molecule has 4 heteroatoms. The molecule has 1 amide bonds. The van der Waals surface area contributed by atoms with Crippen molar-refractivity contribution in [2.75, 3.05) is 26.8 Å². The highest BCUT2D eigenvalue weighted by molar-refractivity contribution is 5.67. The summed E-state index contributed by atoms with van der Waals surface area (Å²) in [7, 11) is 1.60. The number of nitrogens with zero attached hydrogens (tertiary/aromatic N) is 1. The third-order valence-corrected chi connectivity index (χ3v) is 1.51. The molecule has 0 fully saturated rings. The first kappa shape index (κ1) is 13.0. The van der Waals surface area contributed by atoms with E-state index in [9.17, 15) is 4.79 Å².